The fourth-order valence-electron chi connectivity index (χ4n) is 0.347. The van der Waals surface area contributed by atoms with Gasteiger partial charge in [0.15, 0.2) is 0 Å². The Bertz CT molecular complexity index is 99.6. The molecule has 0 aromatic carbocycles. The Morgan fingerprint density at radius 1 is 1.50 bits per heavy atom. The van der Waals surface area contributed by atoms with Crippen LogP contribution in [0.1, 0.15) is 20.8 Å². The van der Waals surface area contributed by atoms with Crippen LogP contribution in [-0.4, -0.2) is 5.78 Å². The highest BCUT2D eigenvalue weighted by molar-refractivity contribution is 5.80. The molecule has 0 aliphatic heterocycles. The van der Waals surface area contributed by atoms with Crippen LogP contribution in [0.4, 0.5) is 0 Å². The molecule has 0 fully saturated rings. The summed E-state index contributed by atoms with van der Waals surface area (Å²) in [5.41, 5.74) is 0.942. The van der Waals surface area contributed by atoms with E-state index in [1.165, 1.54) is 0 Å². The van der Waals surface area contributed by atoms with Gasteiger partial charge in [-0.15, -0.1) is 0 Å². The molecular formula is C7H12O. The van der Waals surface area contributed by atoms with Gasteiger partial charge in [0.25, 0.3) is 0 Å². The van der Waals surface area contributed by atoms with Gasteiger partial charge in [0.05, 0.1) is 0 Å². The molecule has 0 radical (unpaired) electrons. The predicted octanol–water partition coefficient (Wildman–Crippen LogP) is 1.79. The molecular weight excluding hydrogens is 100 g/mol. The number of allylic oxidation sites excluding steroid dienone is 1. The third-order valence-corrected chi connectivity index (χ3v) is 1.35. The molecule has 0 spiro atoms. The molecule has 0 saturated heterocycles. The second-order valence-electron chi connectivity index (χ2n) is 2.18. The van der Waals surface area contributed by atoms with Crippen molar-refractivity contribution in [2.45, 2.75) is 20.8 Å². The van der Waals surface area contributed by atoms with E-state index in [4.69, 9.17) is 0 Å². The summed E-state index contributed by atoms with van der Waals surface area (Å²) in [7, 11) is 0. The van der Waals surface area contributed by atoms with Crippen molar-refractivity contribution >= 4 is 5.78 Å². The number of rotatable bonds is 2. The lowest BCUT2D eigenvalue weighted by molar-refractivity contribution is -0.119. The molecule has 0 saturated carbocycles. The van der Waals surface area contributed by atoms with Crippen LogP contribution in [-0.2, 0) is 4.79 Å². The molecule has 0 aliphatic carbocycles. The fourth-order valence-corrected chi connectivity index (χ4v) is 0.347. The second-order valence-corrected chi connectivity index (χ2v) is 2.18. The maximum atomic E-state index is 10.5. The average Bonchev–Trinajstić information content (AvgIpc) is 1.64. The Hall–Kier alpha value is -0.590. The van der Waals surface area contributed by atoms with Crippen molar-refractivity contribution in [3.8, 4) is 0 Å². The van der Waals surface area contributed by atoms with E-state index in [0.717, 1.165) is 5.57 Å². The summed E-state index contributed by atoms with van der Waals surface area (Å²) in [6, 6.07) is 0. The van der Waals surface area contributed by atoms with E-state index in [2.05, 4.69) is 6.58 Å². The van der Waals surface area contributed by atoms with Crippen molar-refractivity contribution in [1.82, 2.24) is 0 Å². The lowest BCUT2D eigenvalue weighted by Crippen LogP contribution is -2.05. The lowest BCUT2D eigenvalue weighted by Gasteiger charge is -2.03. The molecule has 0 unspecified atom stereocenters. The van der Waals surface area contributed by atoms with Crippen LogP contribution in [0.2, 0.25) is 0 Å². The molecule has 0 N–H and O–H groups in total. The van der Waals surface area contributed by atoms with Crippen LogP contribution in [0.25, 0.3) is 0 Å². The van der Waals surface area contributed by atoms with E-state index < -0.39 is 0 Å². The Kier molecular flexibility index (Phi) is 2.46. The number of carbonyl (C=O) groups is 1. The standard InChI is InChI=1S/C7H12O/c1-5(2)6(3)7(4)8/h6H,1H2,2-4H3/t6-/m1/s1. The molecule has 8 heavy (non-hydrogen) atoms. The molecule has 1 nitrogen and oxygen atoms in total. The van der Waals surface area contributed by atoms with Gasteiger partial charge in [-0.3, -0.25) is 4.79 Å². The van der Waals surface area contributed by atoms with Gasteiger partial charge in [-0.1, -0.05) is 19.1 Å². The van der Waals surface area contributed by atoms with Gasteiger partial charge in [-0.25, -0.2) is 0 Å². The second kappa shape index (κ2) is 2.65. The Balaban J connectivity index is 3.83. The Morgan fingerprint density at radius 3 is 1.88 bits per heavy atom. The summed E-state index contributed by atoms with van der Waals surface area (Å²) in [5, 5.41) is 0. The molecule has 0 aromatic heterocycles. The van der Waals surface area contributed by atoms with Gasteiger partial charge in [0, 0.05) is 5.92 Å². The van der Waals surface area contributed by atoms with Crippen LogP contribution >= 0.6 is 0 Å². The van der Waals surface area contributed by atoms with E-state index in [9.17, 15) is 4.79 Å². The van der Waals surface area contributed by atoms with Gasteiger partial charge in [0.1, 0.15) is 5.78 Å². The lowest BCUT2D eigenvalue weighted by atomic mass is 10.0. The van der Waals surface area contributed by atoms with Gasteiger partial charge < -0.3 is 0 Å². The predicted molar refractivity (Wildman–Crippen MR) is 34.7 cm³/mol. The van der Waals surface area contributed by atoms with Crippen LogP contribution in [0.3, 0.4) is 0 Å². The van der Waals surface area contributed by atoms with Crippen LogP contribution in [0, 0.1) is 5.92 Å². The smallest absolute Gasteiger partial charge is 0.136 e. The first-order valence-corrected chi connectivity index (χ1v) is 2.71. The van der Waals surface area contributed by atoms with Crippen LogP contribution < -0.4 is 0 Å². The molecule has 0 aromatic rings. The Morgan fingerprint density at radius 2 is 1.88 bits per heavy atom. The minimum Gasteiger partial charge on any atom is -0.299 e. The van der Waals surface area contributed by atoms with E-state index >= 15 is 0 Å². The van der Waals surface area contributed by atoms with Crippen LogP contribution in [0.5, 0.6) is 0 Å². The summed E-state index contributed by atoms with van der Waals surface area (Å²) in [4.78, 5) is 10.5. The highest BCUT2D eigenvalue weighted by Gasteiger charge is 2.05. The van der Waals surface area contributed by atoms with Crippen molar-refractivity contribution in [3.63, 3.8) is 0 Å². The third-order valence-electron chi connectivity index (χ3n) is 1.35. The van der Waals surface area contributed by atoms with Crippen LogP contribution in [0.15, 0.2) is 12.2 Å². The number of Topliss-reactive ketones (excluding diaryl/α,β-unsaturated/α-hetero) is 1. The first-order chi connectivity index (χ1) is 3.55. The first kappa shape index (κ1) is 7.41. The number of ketones is 1. The maximum absolute atomic E-state index is 10.5. The molecule has 1 atom stereocenters. The van der Waals surface area contributed by atoms with E-state index in [1.54, 1.807) is 6.92 Å². The number of carbonyl (C=O) groups excluding carboxylic acids is 1. The largest absolute Gasteiger partial charge is 0.299 e. The monoisotopic (exact) mass is 112 g/mol. The molecule has 0 amide bonds. The van der Waals surface area contributed by atoms with Crippen molar-refractivity contribution in [2.75, 3.05) is 0 Å². The summed E-state index contributed by atoms with van der Waals surface area (Å²) in [6.45, 7) is 8.97. The minimum absolute atomic E-state index is 0.0370. The third kappa shape index (κ3) is 1.92. The number of hydrogen-bond donors (Lipinski definition) is 0. The van der Waals surface area contributed by atoms with Crippen molar-refractivity contribution in [3.05, 3.63) is 12.2 Å². The normalized spacial score (nSPS) is 12.9. The SMILES string of the molecule is C=C(C)[C@@H](C)C(C)=O. The van der Waals surface area contributed by atoms with Crippen molar-refractivity contribution in [2.24, 2.45) is 5.92 Å². The molecule has 0 bridgehead atoms. The molecule has 0 aliphatic rings. The summed E-state index contributed by atoms with van der Waals surface area (Å²) < 4.78 is 0. The maximum Gasteiger partial charge on any atom is 0.136 e. The zero-order valence-electron chi connectivity index (χ0n) is 5.69. The zero-order valence-corrected chi connectivity index (χ0v) is 5.69. The Labute approximate surface area is 50.4 Å². The minimum atomic E-state index is 0.0370. The van der Waals surface area contributed by atoms with Gasteiger partial charge in [0.2, 0.25) is 0 Å². The van der Waals surface area contributed by atoms with Gasteiger partial charge >= 0.3 is 0 Å². The summed E-state index contributed by atoms with van der Waals surface area (Å²) in [5.74, 6) is 0.229. The number of hydrogen-bond acceptors (Lipinski definition) is 1. The summed E-state index contributed by atoms with van der Waals surface area (Å²) in [6.07, 6.45) is 0. The van der Waals surface area contributed by atoms with E-state index in [-0.39, 0.29) is 11.7 Å². The quantitative estimate of drug-likeness (QED) is 0.498. The van der Waals surface area contributed by atoms with Crippen molar-refractivity contribution in [1.29, 1.82) is 0 Å². The van der Waals surface area contributed by atoms with Crippen molar-refractivity contribution < 1.29 is 4.79 Å². The fraction of sp³-hybridized carbons (Fsp3) is 0.571. The molecule has 0 heterocycles. The van der Waals surface area contributed by atoms with Gasteiger partial charge in [-0.2, -0.15) is 0 Å². The molecule has 46 valence electrons. The highest BCUT2D eigenvalue weighted by atomic mass is 16.1. The van der Waals surface area contributed by atoms with E-state index in [1.807, 2.05) is 13.8 Å². The summed E-state index contributed by atoms with van der Waals surface area (Å²) >= 11 is 0. The zero-order chi connectivity index (χ0) is 6.73. The first-order valence-electron chi connectivity index (χ1n) is 2.71. The topological polar surface area (TPSA) is 17.1 Å². The van der Waals surface area contributed by atoms with E-state index in [0.29, 0.717) is 0 Å². The van der Waals surface area contributed by atoms with Gasteiger partial charge in [-0.05, 0) is 13.8 Å². The molecule has 0 rings (SSSR count). The average molecular weight is 112 g/mol. The molecule has 1 heteroatoms. The highest BCUT2D eigenvalue weighted by Crippen LogP contribution is 2.06.